The van der Waals surface area contributed by atoms with Crippen LogP contribution in [-0.2, 0) is 31.5 Å². The molecular weight excluding hydrogens is 376 g/mol. The summed E-state index contributed by atoms with van der Waals surface area (Å²) >= 11 is 0. The van der Waals surface area contributed by atoms with Gasteiger partial charge in [-0.15, -0.1) is 0 Å². The summed E-state index contributed by atoms with van der Waals surface area (Å²) in [6.07, 6.45) is -0.506. The second-order valence-electron chi connectivity index (χ2n) is 5.67. The van der Waals surface area contributed by atoms with Crippen molar-refractivity contribution in [2.75, 3.05) is 12.9 Å². The molecule has 0 saturated carbocycles. The van der Waals surface area contributed by atoms with E-state index < -0.39 is 46.8 Å². The van der Waals surface area contributed by atoms with Crippen LogP contribution in [0.4, 0.5) is 8.78 Å². The maximum atomic E-state index is 13.7. The van der Waals surface area contributed by atoms with Crippen molar-refractivity contribution >= 4 is 22.7 Å². The summed E-state index contributed by atoms with van der Waals surface area (Å²) < 4.78 is 44.2. The van der Waals surface area contributed by atoms with Crippen molar-refractivity contribution < 1.29 is 27.3 Å². The Hall–Kier alpha value is -2.61. The third kappa shape index (κ3) is 5.96. The number of ether oxygens (including phenoxy) is 1. The lowest BCUT2D eigenvalue weighted by Gasteiger charge is -2.16. The Balaban J connectivity index is 2.00. The smallest absolute Gasteiger partial charge is 0.328 e. The zero-order valence-electron chi connectivity index (χ0n) is 14.6. The Morgan fingerprint density at radius 3 is 2.30 bits per heavy atom. The number of benzene rings is 2. The first kappa shape index (κ1) is 20.7. The van der Waals surface area contributed by atoms with E-state index in [9.17, 15) is 22.6 Å². The quantitative estimate of drug-likeness (QED) is 0.697. The first-order chi connectivity index (χ1) is 12.9. The third-order valence-electron chi connectivity index (χ3n) is 3.82. The minimum atomic E-state index is -1.36. The number of halogens is 2. The summed E-state index contributed by atoms with van der Waals surface area (Å²) in [5.74, 6) is -3.03. The predicted molar refractivity (Wildman–Crippen MR) is 96.3 cm³/mol. The molecule has 0 fully saturated rings. The highest BCUT2D eigenvalue weighted by Crippen LogP contribution is 2.13. The van der Waals surface area contributed by atoms with E-state index in [0.29, 0.717) is 4.90 Å². The number of esters is 1. The van der Waals surface area contributed by atoms with Crippen molar-refractivity contribution in [2.24, 2.45) is 0 Å². The molecule has 0 saturated heterocycles. The Morgan fingerprint density at radius 1 is 1.07 bits per heavy atom. The normalized spacial score (nSPS) is 12.9. The van der Waals surface area contributed by atoms with E-state index >= 15 is 0 Å². The van der Waals surface area contributed by atoms with Crippen LogP contribution in [0.5, 0.6) is 0 Å². The summed E-state index contributed by atoms with van der Waals surface area (Å²) in [6.45, 7) is 0. The molecule has 2 rings (SSSR count). The van der Waals surface area contributed by atoms with Crippen molar-refractivity contribution in [1.29, 1.82) is 0 Å². The minimum absolute atomic E-state index is 0.0552. The molecule has 5 nitrogen and oxygen atoms in total. The Morgan fingerprint density at radius 2 is 1.70 bits per heavy atom. The van der Waals surface area contributed by atoms with E-state index in [2.05, 4.69) is 10.1 Å². The number of carbonyl (C=O) groups excluding carboxylic acids is 2. The van der Waals surface area contributed by atoms with Crippen LogP contribution in [-0.4, -0.2) is 35.0 Å². The SMILES string of the molecule is COC(=O)[C@H](CC[S@](=O)c1ccccc1)NC(=O)Cc1c(F)cccc1F. The second kappa shape index (κ2) is 9.91. The van der Waals surface area contributed by atoms with Gasteiger partial charge in [-0.1, -0.05) is 24.3 Å². The van der Waals surface area contributed by atoms with Gasteiger partial charge in [0, 0.05) is 16.2 Å². The van der Waals surface area contributed by atoms with E-state index in [-0.39, 0.29) is 17.7 Å². The van der Waals surface area contributed by atoms with Gasteiger partial charge in [-0.25, -0.2) is 13.6 Å². The predicted octanol–water partition coefficient (Wildman–Crippen LogP) is 2.36. The molecule has 0 spiro atoms. The van der Waals surface area contributed by atoms with Crippen LogP contribution in [0, 0.1) is 11.6 Å². The van der Waals surface area contributed by atoms with Crippen LogP contribution in [0.2, 0.25) is 0 Å². The summed E-state index contributed by atoms with van der Waals surface area (Å²) in [6, 6.07) is 10.9. The molecule has 0 bridgehead atoms. The summed E-state index contributed by atoms with van der Waals surface area (Å²) in [5.41, 5.74) is -0.383. The second-order valence-corrected chi connectivity index (χ2v) is 7.24. The first-order valence-electron chi connectivity index (χ1n) is 8.16. The molecule has 0 aliphatic heterocycles. The standard InChI is InChI=1S/C19H19F2NO4S/c1-26-19(24)17(10-11-27(25)13-6-3-2-4-7-13)22-18(23)12-14-15(20)8-5-9-16(14)21/h2-9,17H,10-12H2,1H3,(H,22,23)/t17-,27-/m0/s1. The van der Waals surface area contributed by atoms with Gasteiger partial charge in [0.25, 0.3) is 0 Å². The van der Waals surface area contributed by atoms with Gasteiger partial charge >= 0.3 is 5.97 Å². The molecule has 0 aliphatic carbocycles. The Labute approximate surface area is 158 Å². The lowest BCUT2D eigenvalue weighted by Crippen LogP contribution is -2.43. The number of hydrogen-bond acceptors (Lipinski definition) is 4. The van der Waals surface area contributed by atoms with Gasteiger partial charge in [0.05, 0.1) is 24.3 Å². The van der Waals surface area contributed by atoms with Crippen LogP contribution in [0.1, 0.15) is 12.0 Å². The van der Waals surface area contributed by atoms with Gasteiger partial charge in [-0.3, -0.25) is 9.00 Å². The van der Waals surface area contributed by atoms with Crippen LogP contribution in [0.15, 0.2) is 53.4 Å². The van der Waals surface area contributed by atoms with Crippen LogP contribution >= 0.6 is 0 Å². The fourth-order valence-electron chi connectivity index (χ4n) is 2.41. The van der Waals surface area contributed by atoms with E-state index in [1.54, 1.807) is 30.3 Å². The van der Waals surface area contributed by atoms with Crippen LogP contribution in [0.25, 0.3) is 0 Å². The largest absolute Gasteiger partial charge is 0.467 e. The lowest BCUT2D eigenvalue weighted by atomic mass is 10.1. The van der Waals surface area contributed by atoms with Crippen molar-refractivity contribution in [3.05, 3.63) is 65.7 Å². The fourth-order valence-corrected chi connectivity index (χ4v) is 3.56. The van der Waals surface area contributed by atoms with Crippen LogP contribution < -0.4 is 5.32 Å². The Bertz CT molecular complexity index is 809. The number of methoxy groups -OCH3 is 1. The number of rotatable bonds is 8. The maximum absolute atomic E-state index is 13.7. The highest BCUT2D eigenvalue weighted by Gasteiger charge is 2.23. The summed E-state index contributed by atoms with van der Waals surface area (Å²) in [7, 11) is -0.203. The van der Waals surface area contributed by atoms with Gasteiger partial charge in [-0.2, -0.15) is 0 Å². The van der Waals surface area contributed by atoms with Gasteiger partial charge in [-0.05, 0) is 30.7 Å². The molecule has 0 aromatic heterocycles. The molecule has 0 unspecified atom stereocenters. The minimum Gasteiger partial charge on any atom is -0.467 e. The van der Waals surface area contributed by atoms with Crippen molar-refractivity contribution in [1.82, 2.24) is 5.32 Å². The maximum Gasteiger partial charge on any atom is 0.328 e. The van der Waals surface area contributed by atoms with Crippen molar-refractivity contribution in [2.45, 2.75) is 23.8 Å². The highest BCUT2D eigenvalue weighted by molar-refractivity contribution is 7.85. The molecule has 1 N–H and O–H groups in total. The fraction of sp³-hybridized carbons (Fsp3) is 0.263. The Kier molecular flexibility index (Phi) is 7.60. The topological polar surface area (TPSA) is 72.5 Å². The summed E-state index contributed by atoms with van der Waals surface area (Å²) in [4.78, 5) is 24.6. The molecule has 27 heavy (non-hydrogen) atoms. The summed E-state index contributed by atoms with van der Waals surface area (Å²) in [5, 5.41) is 2.40. The van der Waals surface area contributed by atoms with Crippen molar-refractivity contribution in [3.63, 3.8) is 0 Å². The number of amides is 1. The molecule has 0 heterocycles. The van der Waals surface area contributed by atoms with Gasteiger partial charge in [0.2, 0.25) is 5.91 Å². The van der Waals surface area contributed by atoms with E-state index in [1.165, 1.54) is 6.07 Å². The number of hydrogen-bond donors (Lipinski definition) is 1. The number of nitrogens with one attached hydrogen (secondary N) is 1. The van der Waals surface area contributed by atoms with E-state index in [4.69, 9.17) is 0 Å². The first-order valence-corrected chi connectivity index (χ1v) is 9.47. The monoisotopic (exact) mass is 395 g/mol. The average molecular weight is 395 g/mol. The zero-order chi connectivity index (χ0) is 19.8. The molecule has 2 aromatic carbocycles. The highest BCUT2D eigenvalue weighted by atomic mass is 32.2. The third-order valence-corrected chi connectivity index (χ3v) is 5.22. The average Bonchev–Trinajstić information content (AvgIpc) is 2.67. The van der Waals surface area contributed by atoms with Gasteiger partial charge in [0.15, 0.2) is 0 Å². The number of carbonyl (C=O) groups is 2. The molecule has 0 aliphatic rings. The molecule has 144 valence electrons. The van der Waals surface area contributed by atoms with Gasteiger partial charge in [0.1, 0.15) is 17.7 Å². The molecule has 1 amide bonds. The zero-order valence-corrected chi connectivity index (χ0v) is 15.4. The van der Waals surface area contributed by atoms with E-state index in [1.807, 2.05) is 0 Å². The van der Waals surface area contributed by atoms with E-state index in [0.717, 1.165) is 19.2 Å². The molecule has 8 heteroatoms. The van der Waals surface area contributed by atoms with Crippen LogP contribution in [0.3, 0.4) is 0 Å². The van der Waals surface area contributed by atoms with Crippen molar-refractivity contribution in [3.8, 4) is 0 Å². The molecular formula is C19H19F2NO4S. The van der Waals surface area contributed by atoms with Gasteiger partial charge < -0.3 is 10.1 Å². The lowest BCUT2D eigenvalue weighted by molar-refractivity contribution is -0.145. The molecule has 0 radical (unpaired) electrons. The molecule has 2 aromatic rings. The molecule has 2 atom stereocenters.